The van der Waals surface area contributed by atoms with Crippen molar-refractivity contribution in [2.24, 2.45) is 0 Å². The van der Waals surface area contributed by atoms with Crippen molar-refractivity contribution >= 4 is 38.6 Å². The van der Waals surface area contributed by atoms with E-state index < -0.39 is 0 Å². The molecule has 3 rings (SSSR count). The van der Waals surface area contributed by atoms with E-state index in [1.165, 1.54) is 0 Å². The normalized spacial score (nSPS) is 11.0. The standard InChI is InChI=1S/C17H17BrN4O2/c1-10(2)22-14-8-7-11(9-13(14)20-21-22)17(23)19-12-5-4-6-15(24-3)16(12)18/h4-10H,1-3H3,(H,19,23). The molecular formula is C17H17BrN4O2. The smallest absolute Gasteiger partial charge is 0.255 e. The van der Waals surface area contributed by atoms with Crippen molar-refractivity contribution in [1.82, 2.24) is 15.0 Å². The Morgan fingerprint density at radius 2 is 2.08 bits per heavy atom. The van der Waals surface area contributed by atoms with E-state index in [1.807, 2.05) is 36.7 Å². The Kier molecular flexibility index (Phi) is 4.53. The van der Waals surface area contributed by atoms with Crippen LogP contribution in [0.2, 0.25) is 0 Å². The highest BCUT2D eigenvalue weighted by molar-refractivity contribution is 9.10. The first-order valence-electron chi connectivity index (χ1n) is 7.50. The molecule has 124 valence electrons. The maximum absolute atomic E-state index is 12.5. The summed E-state index contributed by atoms with van der Waals surface area (Å²) in [6.07, 6.45) is 0. The number of nitrogens with zero attached hydrogens (tertiary/aromatic N) is 3. The van der Waals surface area contributed by atoms with Gasteiger partial charge in [-0.15, -0.1) is 5.10 Å². The Morgan fingerprint density at radius 3 is 2.79 bits per heavy atom. The lowest BCUT2D eigenvalue weighted by Crippen LogP contribution is -2.12. The molecule has 0 unspecified atom stereocenters. The molecule has 0 fully saturated rings. The zero-order valence-electron chi connectivity index (χ0n) is 13.6. The van der Waals surface area contributed by atoms with E-state index in [2.05, 4.69) is 31.6 Å². The largest absolute Gasteiger partial charge is 0.495 e. The van der Waals surface area contributed by atoms with Gasteiger partial charge in [-0.05, 0) is 60.1 Å². The van der Waals surface area contributed by atoms with Crippen LogP contribution in [0.3, 0.4) is 0 Å². The third-order valence-corrected chi connectivity index (χ3v) is 4.47. The monoisotopic (exact) mass is 388 g/mol. The number of carbonyl (C=O) groups is 1. The molecular weight excluding hydrogens is 372 g/mol. The van der Waals surface area contributed by atoms with Crippen LogP contribution in [0.4, 0.5) is 5.69 Å². The Bertz CT molecular complexity index is 905. The molecule has 1 heterocycles. The van der Waals surface area contributed by atoms with Crippen molar-refractivity contribution in [2.45, 2.75) is 19.9 Å². The molecule has 1 aromatic heterocycles. The zero-order chi connectivity index (χ0) is 17.3. The quantitative estimate of drug-likeness (QED) is 0.732. The summed E-state index contributed by atoms with van der Waals surface area (Å²) in [5.74, 6) is 0.438. The average Bonchev–Trinajstić information content (AvgIpc) is 3.00. The van der Waals surface area contributed by atoms with Crippen molar-refractivity contribution in [3.63, 3.8) is 0 Å². The van der Waals surface area contributed by atoms with E-state index in [9.17, 15) is 4.79 Å². The fraction of sp³-hybridized carbons (Fsp3) is 0.235. The molecule has 0 atom stereocenters. The Balaban J connectivity index is 1.89. The third-order valence-electron chi connectivity index (χ3n) is 3.65. The molecule has 2 aromatic carbocycles. The van der Waals surface area contributed by atoms with E-state index in [0.29, 0.717) is 27.0 Å². The lowest BCUT2D eigenvalue weighted by molar-refractivity contribution is 0.102. The van der Waals surface area contributed by atoms with Crippen molar-refractivity contribution < 1.29 is 9.53 Å². The number of fused-ring (bicyclic) bond motifs is 1. The SMILES string of the molecule is COc1cccc(NC(=O)c2ccc3c(c2)nnn3C(C)C)c1Br. The molecule has 0 spiro atoms. The second-order valence-electron chi connectivity index (χ2n) is 5.61. The van der Waals surface area contributed by atoms with Crippen LogP contribution in [0.1, 0.15) is 30.2 Å². The van der Waals surface area contributed by atoms with Gasteiger partial charge in [0.25, 0.3) is 5.91 Å². The summed E-state index contributed by atoms with van der Waals surface area (Å²) in [6.45, 7) is 4.07. The lowest BCUT2D eigenvalue weighted by atomic mass is 10.1. The highest BCUT2D eigenvalue weighted by atomic mass is 79.9. The van der Waals surface area contributed by atoms with Gasteiger partial charge in [-0.1, -0.05) is 11.3 Å². The second-order valence-corrected chi connectivity index (χ2v) is 6.40. The van der Waals surface area contributed by atoms with Gasteiger partial charge in [0.15, 0.2) is 0 Å². The van der Waals surface area contributed by atoms with Crippen molar-refractivity contribution in [2.75, 3.05) is 12.4 Å². The first-order chi connectivity index (χ1) is 11.5. The van der Waals surface area contributed by atoms with Crippen LogP contribution in [0.15, 0.2) is 40.9 Å². The minimum absolute atomic E-state index is 0.211. The fourth-order valence-corrected chi connectivity index (χ4v) is 2.95. The van der Waals surface area contributed by atoms with Crippen LogP contribution in [-0.4, -0.2) is 28.0 Å². The van der Waals surface area contributed by atoms with Gasteiger partial charge < -0.3 is 10.1 Å². The first-order valence-corrected chi connectivity index (χ1v) is 8.29. The molecule has 7 heteroatoms. The van der Waals surface area contributed by atoms with Crippen molar-refractivity contribution in [3.8, 4) is 5.75 Å². The summed E-state index contributed by atoms with van der Waals surface area (Å²) in [6, 6.07) is 11.0. The molecule has 0 bridgehead atoms. The second kappa shape index (κ2) is 6.60. The number of halogens is 1. The average molecular weight is 389 g/mol. The number of anilines is 1. The number of hydrogen-bond donors (Lipinski definition) is 1. The first kappa shape index (κ1) is 16.4. The molecule has 0 aliphatic heterocycles. The van der Waals surface area contributed by atoms with Gasteiger partial charge in [0.1, 0.15) is 11.3 Å². The van der Waals surface area contributed by atoms with Crippen molar-refractivity contribution in [1.29, 1.82) is 0 Å². The van der Waals surface area contributed by atoms with Crippen molar-refractivity contribution in [3.05, 3.63) is 46.4 Å². The number of aromatic nitrogens is 3. The summed E-state index contributed by atoms with van der Waals surface area (Å²) in [5.41, 5.74) is 2.77. The summed E-state index contributed by atoms with van der Waals surface area (Å²) in [5, 5.41) is 11.1. The summed E-state index contributed by atoms with van der Waals surface area (Å²) in [7, 11) is 1.58. The summed E-state index contributed by atoms with van der Waals surface area (Å²) >= 11 is 3.44. The molecule has 3 aromatic rings. The Labute approximate surface area is 147 Å². The van der Waals surface area contributed by atoms with Gasteiger partial charge in [-0.3, -0.25) is 4.79 Å². The topological polar surface area (TPSA) is 69.0 Å². The molecule has 6 nitrogen and oxygen atoms in total. The number of benzene rings is 2. The van der Waals surface area contributed by atoms with E-state index in [-0.39, 0.29) is 11.9 Å². The minimum atomic E-state index is -0.218. The van der Waals surface area contributed by atoms with Crippen LogP contribution in [-0.2, 0) is 0 Å². The van der Waals surface area contributed by atoms with Crippen LogP contribution in [0.5, 0.6) is 5.75 Å². The fourth-order valence-electron chi connectivity index (χ4n) is 2.42. The lowest BCUT2D eigenvalue weighted by Gasteiger charge is -2.10. The van der Waals surface area contributed by atoms with Gasteiger partial charge in [0.05, 0.1) is 22.8 Å². The van der Waals surface area contributed by atoms with E-state index in [0.717, 1.165) is 5.52 Å². The number of methoxy groups -OCH3 is 1. The van der Waals surface area contributed by atoms with Gasteiger partial charge in [0.2, 0.25) is 0 Å². The number of nitrogens with one attached hydrogen (secondary N) is 1. The molecule has 0 saturated carbocycles. The predicted molar refractivity (Wildman–Crippen MR) is 96.6 cm³/mol. The molecule has 1 amide bonds. The van der Waals surface area contributed by atoms with E-state index in [4.69, 9.17) is 4.74 Å². The molecule has 24 heavy (non-hydrogen) atoms. The van der Waals surface area contributed by atoms with Crippen LogP contribution >= 0.6 is 15.9 Å². The number of ether oxygens (including phenoxy) is 1. The van der Waals surface area contributed by atoms with Crippen LogP contribution < -0.4 is 10.1 Å². The maximum atomic E-state index is 12.5. The third kappa shape index (κ3) is 2.99. The number of carbonyl (C=O) groups excluding carboxylic acids is 1. The number of rotatable bonds is 4. The minimum Gasteiger partial charge on any atom is -0.495 e. The Morgan fingerprint density at radius 1 is 1.29 bits per heavy atom. The van der Waals surface area contributed by atoms with Crippen LogP contribution in [0.25, 0.3) is 11.0 Å². The Hall–Kier alpha value is -2.41. The molecule has 0 aliphatic rings. The number of amides is 1. The van der Waals surface area contributed by atoms with Gasteiger partial charge in [-0.2, -0.15) is 0 Å². The molecule has 0 saturated heterocycles. The van der Waals surface area contributed by atoms with Gasteiger partial charge >= 0.3 is 0 Å². The predicted octanol–water partition coefficient (Wildman–Crippen LogP) is 4.04. The highest BCUT2D eigenvalue weighted by Gasteiger charge is 2.14. The van der Waals surface area contributed by atoms with Gasteiger partial charge in [0, 0.05) is 11.6 Å². The molecule has 1 N–H and O–H groups in total. The van der Waals surface area contributed by atoms with Crippen LogP contribution in [0, 0.1) is 0 Å². The highest BCUT2D eigenvalue weighted by Crippen LogP contribution is 2.32. The summed E-state index contributed by atoms with van der Waals surface area (Å²) < 4.78 is 7.77. The molecule has 0 aliphatic carbocycles. The zero-order valence-corrected chi connectivity index (χ0v) is 15.2. The maximum Gasteiger partial charge on any atom is 0.255 e. The molecule has 0 radical (unpaired) electrons. The number of hydrogen-bond acceptors (Lipinski definition) is 4. The summed E-state index contributed by atoms with van der Waals surface area (Å²) in [4.78, 5) is 12.5. The van der Waals surface area contributed by atoms with E-state index >= 15 is 0 Å². The van der Waals surface area contributed by atoms with Gasteiger partial charge in [-0.25, -0.2) is 4.68 Å². The van der Waals surface area contributed by atoms with E-state index in [1.54, 1.807) is 25.3 Å².